The van der Waals surface area contributed by atoms with Gasteiger partial charge in [0.1, 0.15) is 17.2 Å². The van der Waals surface area contributed by atoms with Crippen LogP contribution in [-0.4, -0.2) is 15.7 Å². The highest BCUT2D eigenvalue weighted by molar-refractivity contribution is 7.99. The van der Waals surface area contributed by atoms with Gasteiger partial charge in [-0.05, 0) is 12.2 Å². The summed E-state index contributed by atoms with van der Waals surface area (Å²) < 4.78 is 0. The van der Waals surface area contributed by atoms with Gasteiger partial charge in [-0.3, -0.25) is 0 Å². The largest absolute Gasteiger partial charge is 0.308 e. The Morgan fingerprint density at radius 2 is 2.38 bits per heavy atom. The van der Waals surface area contributed by atoms with Gasteiger partial charge in [0.05, 0.1) is 0 Å². The average molecular weight is 198 g/mol. The van der Waals surface area contributed by atoms with E-state index in [4.69, 9.17) is 5.84 Å². The Hall–Kier alpha value is -0.810. The van der Waals surface area contributed by atoms with Gasteiger partial charge < -0.3 is 5.43 Å². The summed E-state index contributed by atoms with van der Waals surface area (Å²) in [6, 6.07) is 1.85. The zero-order valence-electron chi connectivity index (χ0n) is 7.66. The number of hydrogen-bond acceptors (Lipinski definition) is 5. The van der Waals surface area contributed by atoms with Gasteiger partial charge in [0.15, 0.2) is 0 Å². The van der Waals surface area contributed by atoms with Crippen molar-refractivity contribution in [3.8, 4) is 0 Å². The molecule has 1 aromatic heterocycles. The molecule has 1 aromatic rings. The molecule has 13 heavy (non-hydrogen) atoms. The Labute approximate surface area is 82.3 Å². The van der Waals surface area contributed by atoms with E-state index >= 15 is 0 Å². The first-order valence-corrected chi connectivity index (χ1v) is 5.27. The molecule has 0 saturated heterocycles. The van der Waals surface area contributed by atoms with Crippen LogP contribution in [0.2, 0.25) is 0 Å². The maximum absolute atomic E-state index is 5.22. The van der Waals surface area contributed by atoms with E-state index in [-0.39, 0.29) is 0 Å². The molecule has 0 amide bonds. The standard InChI is InChI=1S/C8H14N4S/c1-2-3-4-13-8-5-7(12-9)10-6-11-8/h5-6H,2-4,9H2,1H3,(H,10,11,12). The highest BCUT2D eigenvalue weighted by Crippen LogP contribution is 2.17. The average Bonchev–Trinajstić information content (AvgIpc) is 2.19. The van der Waals surface area contributed by atoms with E-state index in [1.807, 2.05) is 6.07 Å². The smallest absolute Gasteiger partial charge is 0.144 e. The van der Waals surface area contributed by atoms with E-state index in [1.165, 1.54) is 19.2 Å². The maximum Gasteiger partial charge on any atom is 0.144 e. The van der Waals surface area contributed by atoms with Crippen LogP contribution in [0.15, 0.2) is 17.4 Å². The van der Waals surface area contributed by atoms with Gasteiger partial charge in [0.2, 0.25) is 0 Å². The summed E-state index contributed by atoms with van der Waals surface area (Å²) in [6.45, 7) is 2.17. The molecular formula is C8H14N4S. The molecular weight excluding hydrogens is 184 g/mol. The SMILES string of the molecule is CCCCSc1cc(NN)ncn1. The summed E-state index contributed by atoms with van der Waals surface area (Å²) in [7, 11) is 0. The quantitative estimate of drug-likeness (QED) is 0.248. The van der Waals surface area contributed by atoms with Crippen LogP contribution in [0.4, 0.5) is 5.82 Å². The summed E-state index contributed by atoms with van der Waals surface area (Å²) in [5, 5.41) is 0.969. The number of nitrogens with two attached hydrogens (primary N) is 1. The van der Waals surface area contributed by atoms with E-state index < -0.39 is 0 Å². The van der Waals surface area contributed by atoms with Crippen LogP contribution in [0.3, 0.4) is 0 Å². The predicted molar refractivity (Wildman–Crippen MR) is 55.5 cm³/mol. The van der Waals surface area contributed by atoms with Crippen molar-refractivity contribution in [2.24, 2.45) is 5.84 Å². The fourth-order valence-corrected chi connectivity index (χ4v) is 1.78. The molecule has 0 fully saturated rings. The highest BCUT2D eigenvalue weighted by atomic mass is 32.2. The molecule has 0 saturated carbocycles. The molecule has 0 unspecified atom stereocenters. The molecule has 0 spiro atoms. The van der Waals surface area contributed by atoms with Gasteiger partial charge in [-0.15, -0.1) is 11.8 Å². The molecule has 0 aliphatic carbocycles. The minimum atomic E-state index is 0.661. The minimum Gasteiger partial charge on any atom is -0.308 e. The summed E-state index contributed by atoms with van der Waals surface area (Å²) in [4.78, 5) is 8.04. The van der Waals surface area contributed by atoms with E-state index in [9.17, 15) is 0 Å². The van der Waals surface area contributed by atoms with Crippen LogP contribution in [0.5, 0.6) is 0 Å². The van der Waals surface area contributed by atoms with Crippen LogP contribution in [0.1, 0.15) is 19.8 Å². The van der Waals surface area contributed by atoms with Gasteiger partial charge in [0, 0.05) is 6.07 Å². The van der Waals surface area contributed by atoms with Crippen molar-refractivity contribution in [1.82, 2.24) is 9.97 Å². The molecule has 5 heteroatoms. The summed E-state index contributed by atoms with van der Waals surface area (Å²) >= 11 is 1.73. The third kappa shape index (κ3) is 3.61. The minimum absolute atomic E-state index is 0.661. The normalized spacial score (nSPS) is 10.0. The molecule has 0 bridgehead atoms. The molecule has 1 heterocycles. The maximum atomic E-state index is 5.22. The Bertz CT molecular complexity index is 254. The summed E-state index contributed by atoms with van der Waals surface area (Å²) in [5.74, 6) is 6.98. The first-order valence-electron chi connectivity index (χ1n) is 4.28. The lowest BCUT2D eigenvalue weighted by molar-refractivity contribution is 0.894. The second kappa shape index (κ2) is 5.77. The monoisotopic (exact) mass is 198 g/mol. The van der Waals surface area contributed by atoms with Crippen molar-refractivity contribution in [3.05, 3.63) is 12.4 Å². The van der Waals surface area contributed by atoms with Crippen LogP contribution in [0, 0.1) is 0 Å². The van der Waals surface area contributed by atoms with Crippen molar-refractivity contribution < 1.29 is 0 Å². The van der Waals surface area contributed by atoms with Gasteiger partial charge >= 0.3 is 0 Å². The molecule has 0 aromatic carbocycles. The second-order valence-electron chi connectivity index (χ2n) is 2.59. The van der Waals surface area contributed by atoms with Crippen molar-refractivity contribution in [2.45, 2.75) is 24.8 Å². The number of anilines is 1. The zero-order chi connectivity index (χ0) is 9.52. The van der Waals surface area contributed by atoms with Gasteiger partial charge in [-0.1, -0.05) is 13.3 Å². The first kappa shape index (κ1) is 10.3. The molecule has 0 aliphatic rings. The summed E-state index contributed by atoms with van der Waals surface area (Å²) in [6.07, 6.45) is 3.93. The van der Waals surface area contributed by atoms with Crippen molar-refractivity contribution in [3.63, 3.8) is 0 Å². The Kier molecular flexibility index (Phi) is 4.56. The van der Waals surface area contributed by atoms with Crippen LogP contribution in [0.25, 0.3) is 0 Å². The van der Waals surface area contributed by atoms with Gasteiger partial charge in [0.25, 0.3) is 0 Å². The van der Waals surface area contributed by atoms with Crippen molar-refractivity contribution in [1.29, 1.82) is 0 Å². The third-order valence-electron chi connectivity index (χ3n) is 1.54. The first-order chi connectivity index (χ1) is 6.36. The number of unbranched alkanes of at least 4 members (excludes halogenated alkanes) is 1. The van der Waals surface area contributed by atoms with E-state index in [0.717, 1.165) is 10.8 Å². The molecule has 0 radical (unpaired) electrons. The number of nitrogens with one attached hydrogen (secondary N) is 1. The van der Waals surface area contributed by atoms with Crippen LogP contribution in [-0.2, 0) is 0 Å². The summed E-state index contributed by atoms with van der Waals surface area (Å²) in [5.41, 5.74) is 2.49. The Morgan fingerprint density at radius 1 is 1.54 bits per heavy atom. The molecule has 1 rings (SSSR count). The van der Waals surface area contributed by atoms with E-state index in [1.54, 1.807) is 11.8 Å². The lowest BCUT2D eigenvalue weighted by Crippen LogP contribution is -2.08. The number of hydrazine groups is 1. The molecule has 3 N–H and O–H groups in total. The second-order valence-corrected chi connectivity index (χ2v) is 3.70. The van der Waals surface area contributed by atoms with Gasteiger partial charge in [-0.2, -0.15) is 0 Å². The van der Waals surface area contributed by atoms with E-state index in [2.05, 4.69) is 22.3 Å². The van der Waals surface area contributed by atoms with Gasteiger partial charge in [-0.25, -0.2) is 15.8 Å². The number of aromatic nitrogens is 2. The lowest BCUT2D eigenvalue weighted by Gasteiger charge is -2.01. The van der Waals surface area contributed by atoms with E-state index in [0.29, 0.717) is 5.82 Å². The number of thioether (sulfide) groups is 1. The Balaban J connectivity index is 2.46. The number of rotatable bonds is 5. The fraction of sp³-hybridized carbons (Fsp3) is 0.500. The molecule has 0 aliphatic heterocycles. The Morgan fingerprint density at radius 3 is 3.08 bits per heavy atom. The number of nitrogens with zero attached hydrogens (tertiary/aromatic N) is 2. The number of hydrogen-bond donors (Lipinski definition) is 2. The van der Waals surface area contributed by atoms with Crippen LogP contribution >= 0.6 is 11.8 Å². The lowest BCUT2D eigenvalue weighted by atomic mass is 10.4. The third-order valence-corrected chi connectivity index (χ3v) is 2.55. The predicted octanol–water partition coefficient (Wildman–Crippen LogP) is 1.65. The van der Waals surface area contributed by atoms with Crippen molar-refractivity contribution >= 4 is 17.6 Å². The molecule has 72 valence electrons. The number of nitrogen functional groups attached to an aromatic ring is 1. The topological polar surface area (TPSA) is 63.8 Å². The fourth-order valence-electron chi connectivity index (χ4n) is 0.818. The molecule has 0 atom stereocenters. The van der Waals surface area contributed by atoms with Crippen LogP contribution < -0.4 is 11.3 Å². The zero-order valence-corrected chi connectivity index (χ0v) is 8.47. The molecule has 4 nitrogen and oxygen atoms in total. The highest BCUT2D eigenvalue weighted by Gasteiger charge is 1.97. The van der Waals surface area contributed by atoms with Crippen molar-refractivity contribution in [2.75, 3.05) is 11.2 Å².